The van der Waals surface area contributed by atoms with Gasteiger partial charge in [-0.25, -0.2) is 0 Å². The molecule has 0 N–H and O–H groups in total. The Balaban J connectivity index is 0.000000193. The molecule has 2 aromatic heterocycles. The van der Waals surface area contributed by atoms with Crippen molar-refractivity contribution in [2.45, 2.75) is 41.0 Å². The summed E-state index contributed by atoms with van der Waals surface area (Å²) in [6, 6.07) is 47.0. The number of pyridine rings is 2. The predicted molar refractivity (Wildman–Crippen MR) is 190 cm³/mol. The van der Waals surface area contributed by atoms with Gasteiger partial charge in [0.25, 0.3) is 0 Å². The molecule has 0 aliphatic carbocycles. The van der Waals surface area contributed by atoms with E-state index in [4.69, 9.17) is 0 Å². The smallest absolute Gasteiger partial charge is 0.0193 e. The van der Waals surface area contributed by atoms with Crippen LogP contribution in [0.5, 0.6) is 0 Å². The van der Waals surface area contributed by atoms with Crippen LogP contribution >= 0.6 is 0 Å². The summed E-state index contributed by atoms with van der Waals surface area (Å²) < 4.78 is 0. The monoisotopic (exact) mass is 775 g/mol. The second-order valence-electron chi connectivity index (χ2n) is 13.0. The number of aryl methyl sites for hydroxylation is 2. The Bertz CT molecular complexity index is 2070. The number of fused-ring (bicyclic) bond motifs is 3. The summed E-state index contributed by atoms with van der Waals surface area (Å²) in [7, 11) is 0. The summed E-state index contributed by atoms with van der Waals surface area (Å²) in [5.41, 5.74) is 10.5. The van der Waals surface area contributed by atoms with Gasteiger partial charge in [-0.2, -0.15) is 0 Å². The molecule has 7 aromatic rings. The van der Waals surface area contributed by atoms with E-state index in [1.54, 1.807) is 0 Å². The molecular formula is C43H38IrN2-2. The summed E-state index contributed by atoms with van der Waals surface area (Å²) in [5.74, 6) is 0. The van der Waals surface area contributed by atoms with Crippen molar-refractivity contribution in [3.8, 4) is 33.6 Å². The fourth-order valence-electron chi connectivity index (χ4n) is 5.72. The van der Waals surface area contributed by atoms with Gasteiger partial charge in [-0.1, -0.05) is 100.0 Å². The number of hydrogen-bond donors (Lipinski definition) is 0. The molecule has 0 fully saturated rings. The third kappa shape index (κ3) is 7.85. The molecule has 0 aliphatic rings. The molecule has 0 atom stereocenters. The van der Waals surface area contributed by atoms with Gasteiger partial charge in [-0.3, -0.25) is 0 Å². The van der Waals surface area contributed by atoms with Gasteiger partial charge < -0.3 is 9.97 Å². The van der Waals surface area contributed by atoms with Crippen molar-refractivity contribution in [3.63, 3.8) is 0 Å². The molecule has 2 nitrogen and oxygen atoms in total. The summed E-state index contributed by atoms with van der Waals surface area (Å²) in [5, 5.41) is 5.10. The minimum atomic E-state index is 0. The number of benzene rings is 5. The van der Waals surface area contributed by atoms with E-state index in [-0.39, 0.29) is 20.1 Å². The molecule has 1 radical (unpaired) electrons. The largest absolute Gasteiger partial charge is 0.305 e. The van der Waals surface area contributed by atoms with E-state index >= 15 is 0 Å². The Morgan fingerprint density at radius 1 is 0.630 bits per heavy atom. The first-order valence-corrected chi connectivity index (χ1v) is 15.5. The third-order valence-electron chi connectivity index (χ3n) is 7.88. The molecule has 0 aliphatic heterocycles. The zero-order valence-electron chi connectivity index (χ0n) is 27.1. The quantitative estimate of drug-likeness (QED) is 0.131. The van der Waals surface area contributed by atoms with Crippen LogP contribution < -0.4 is 0 Å². The van der Waals surface area contributed by atoms with Crippen LogP contribution in [0.4, 0.5) is 0 Å². The average Bonchev–Trinajstić information content (AvgIpc) is 3.05. The van der Waals surface area contributed by atoms with Crippen molar-refractivity contribution in [2.75, 3.05) is 0 Å². The van der Waals surface area contributed by atoms with Crippen molar-refractivity contribution >= 4 is 21.5 Å². The fourth-order valence-corrected chi connectivity index (χ4v) is 5.72. The Morgan fingerprint density at radius 3 is 2.09 bits per heavy atom. The van der Waals surface area contributed by atoms with E-state index in [0.717, 1.165) is 28.9 Å². The van der Waals surface area contributed by atoms with Crippen molar-refractivity contribution in [1.82, 2.24) is 9.97 Å². The van der Waals surface area contributed by atoms with Gasteiger partial charge >= 0.3 is 0 Å². The zero-order chi connectivity index (χ0) is 31.4. The summed E-state index contributed by atoms with van der Waals surface area (Å²) in [4.78, 5) is 9.06. The first kappa shape index (κ1) is 32.9. The van der Waals surface area contributed by atoms with Crippen molar-refractivity contribution < 1.29 is 20.1 Å². The Kier molecular flexibility index (Phi) is 10.3. The summed E-state index contributed by atoms with van der Waals surface area (Å²) in [6.45, 7) is 10.9. The van der Waals surface area contributed by atoms with E-state index in [9.17, 15) is 0 Å². The van der Waals surface area contributed by atoms with E-state index in [1.165, 1.54) is 49.4 Å². The van der Waals surface area contributed by atoms with Crippen molar-refractivity contribution in [3.05, 3.63) is 156 Å². The summed E-state index contributed by atoms with van der Waals surface area (Å²) >= 11 is 0. The molecule has 7 rings (SSSR count). The van der Waals surface area contributed by atoms with Crippen LogP contribution in [0.15, 0.2) is 128 Å². The Hall–Kier alpha value is -4.43. The van der Waals surface area contributed by atoms with E-state index in [2.05, 4.69) is 154 Å². The molecule has 0 saturated heterocycles. The van der Waals surface area contributed by atoms with Gasteiger partial charge in [-0.15, -0.1) is 70.8 Å². The van der Waals surface area contributed by atoms with E-state index in [0.29, 0.717) is 5.41 Å². The van der Waals surface area contributed by atoms with Gasteiger partial charge in [0.2, 0.25) is 0 Å². The van der Waals surface area contributed by atoms with Gasteiger partial charge in [0.1, 0.15) is 0 Å². The molecular weight excluding hydrogens is 737 g/mol. The maximum Gasteiger partial charge on any atom is 0.0193 e. The number of aromatic nitrogens is 2. The van der Waals surface area contributed by atoms with Crippen LogP contribution in [-0.2, 0) is 26.5 Å². The Morgan fingerprint density at radius 2 is 1.39 bits per heavy atom. The maximum atomic E-state index is 4.53. The van der Waals surface area contributed by atoms with Gasteiger partial charge in [0.15, 0.2) is 0 Å². The fraction of sp³-hybridized carbons (Fsp3) is 0.163. The van der Waals surface area contributed by atoms with E-state index in [1.807, 2.05) is 30.6 Å². The Labute approximate surface area is 287 Å². The molecule has 0 amide bonds. The normalized spacial score (nSPS) is 11.1. The first-order chi connectivity index (χ1) is 21.7. The SMILES string of the molecule is Cc1c[c-]c(-c2ccc(CC(C)(C)C)cn2)cc1.Cc1ccnc(-c2[c-]ccc(-c3cc4ccccc4c4ccccc34)c2)c1.[Ir]. The van der Waals surface area contributed by atoms with Crippen LogP contribution in [0, 0.1) is 31.4 Å². The summed E-state index contributed by atoms with van der Waals surface area (Å²) in [6.07, 6.45) is 4.89. The topological polar surface area (TPSA) is 25.8 Å². The second-order valence-corrected chi connectivity index (χ2v) is 13.0. The average molecular weight is 775 g/mol. The maximum absolute atomic E-state index is 4.53. The molecule has 0 saturated carbocycles. The van der Waals surface area contributed by atoms with E-state index < -0.39 is 0 Å². The van der Waals surface area contributed by atoms with Gasteiger partial charge in [0.05, 0.1) is 0 Å². The molecule has 46 heavy (non-hydrogen) atoms. The molecule has 231 valence electrons. The molecule has 0 spiro atoms. The van der Waals surface area contributed by atoms with Crippen LogP contribution in [0.1, 0.15) is 37.5 Å². The second kappa shape index (κ2) is 14.3. The number of nitrogens with zero attached hydrogens (tertiary/aromatic N) is 2. The van der Waals surface area contributed by atoms with Gasteiger partial charge in [-0.05, 0) is 75.0 Å². The molecule has 5 aromatic carbocycles. The molecule has 0 unspecified atom stereocenters. The molecule has 2 heterocycles. The zero-order valence-corrected chi connectivity index (χ0v) is 29.5. The number of rotatable bonds is 4. The minimum Gasteiger partial charge on any atom is -0.305 e. The number of hydrogen-bond acceptors (Lipinski definition) is 2. The predicted octanol–water partition coefficient (Wildman–Crippen LogP) is 11.3. The van der Waals surface area contributed by atoms with Crippen LogP contribution in [0.3, 0.4) is 0 Å². The van der Waals surface area contributed by atoms with Gasteiger partial charge in [0, 0.05) is 32.5 Å². The van der Waals surface area contributed by atoms with Crippen molar-refractivity contribution in [2.24, 2.45) is 5.41 Å². The molecule has 0 bridgehead atoms. The van der Waals surface area contributed by atoms with Crippen LogP contribution in [0.2, 0.25) is 0 Å². The van der Waals surface area contributed by atoms with Crippen LogP contribution in [-0.4, -0.2) is 9.97 Å². The molecule has 3 heteroatoms. The standard InChI is InChI=1S/C26H18N.C17H20N.Ir/c1-18-13-14-27-26(15-18)21-9-6-8-19(16-21)25-17-20-7-2-3-10-22(20)23-11-4-5-12-24(23)25;1-13-5-8-15(9-6-13)16-10-7-14(12-18-16)11-17(2,3)4;/h2-8,10-17H,1H3;5-8,10,12H,11H2,1-4H3;/q2*-1;. The minimum absolute atomic E-state index is 0. The van der Waals surface area contributed by atoms with Crippen LogP contribution in [0.25, 0.3) is 55.2 Å². The first-order valence-electron chi connectivity index (χ1n) is 15.5. The van der Waals surface area contributed by atoms with Crippen molar-refractivity contribution in [1.29, 1.82) is 0 Å². The third-order valence-corrected chi connectivity index (χ3v) is 7.88.